The van der Waals surface area contributed by atoms with E-state index in [-0.39, 0.29) is 46.7 Å². The zero-order chi connectivity index (χ0) is 51.8. The fourth-order valence-corrected chi connectivity index (χ4v) is 10.5. The van der Waals surface area contributed by atoms with E-state index in [1.165, 1.54) is 17.1 Å². The first kappa shape index (κ1) is 55.5. The molecule has 1 aliphatic heterocycles. The third-order valence-electron chi connectivity index (χ3n) is 13.8. The van der Waals surface area contributed by atoms with Gasteiger partial charge in [0.1, 0.15) is 0 Å². The van der Waals surface area contributed by atoms with Crippen LogP contribution in [0.5, 0.6) is 0 Å². The van der Waals surface area contributed by atoms with Crippen molar-refractivity contribution in [3.05, 3.63) is 119 Å². The van der Waals surface area contributed by atoms with Crippen molar-refractivity contribution >= 4 is 55.0 Å². The summed E-state index contributed by atoms with van der Waals surface area (Å²) in [6.07, 6.45) is 7.48. The molecule has 0 aliphatic carbocycles. The molecule has 2 aromatic heterocycles. The molecule has 0 saturated heterocycles. The number of benzene rings is 3. The predicted molar refractivity (Wildman–Crippen MR) is 286 cm³/mol. The number of imidazole rings is 2. The number of carbonyl (C=O) groups is 2. The fourth-order valence-electron chi connectivity index (χ4n) is 7.80. The van der Waals surface area contributed by atoms with Gasteiger partial charge in [0.15, 0.2) is 16.6 Å². The van der Waals surface area contributed by atoms with E-state index in [2.05, 4.69) is 120 Å². The quantitative estimate of drug-likeness (QED) is 0.0480. The van der Waals surface area contributed by atoms with Crippen LogP contribution in [0.1, 0.15) is 111 Å². The number of carbonyl (C=O) groups excluding carboxylic acids is 2. The van der Waals surface area contributed by atoms with E-state index in [0.29, 0.717) is 44.8 Å². The van der Waals surface area contributed by atoms with Crippen molar-refractivity contribution in [2.45, 2.75) is 129 Å². The Balaban J connectivity index is 0.000000272. The Morgan fingerprint density at radius 1 is 0.643 bits per heavy atom. The summed E-state index contributed by atoms with van der Waals surface area (Å²) in [4.78, 5) is 45.2. The van der Waals surface area contributed by atoms with Crippen molar-refractivity contribution in [1.29, 1.82) is 0 Å². The molecule has 6 rings (SSSR count). The van der Waals surface area contributed by atoms with Crippen molar-refractivity contribution in [1.82, 2.24) is 24.0 Å². The number of nitrogens with zero attached hydrogens (tertiary/aromatic N) is 7. The van der Waals surface area contributed by atoms with Crippen LogP contribution in [0, 0.1) is 0 Å². The van der Waals surface area contributed by atoms with Crippen molar-refractivity contribution in [2.24, 2.45) is 29.8 Å². The van der Waals surface area contributed by atoms with Gasteiger partial charge < -0.3 is 8.85 Å². The minimum atomic E-state index is -1.95. The zero-order valence-corrected chi connectivity index (χ0v) is 45.7. The molecule has 4 unspecified atom stereocenters. The molecule has 0 fully saturated rings. The SMILES string of the molecule is CC(O[Si](C)(C)C(C)(C)C)c1nc(-c2ccc(CC(CN)N=CB=O)cc2)cn1C.CC(O[Si](C)(C)C(C)(C)C)c1nc(-c2ccc(CC(CN3C(=O)c4ccccc4C3=O)N=CB=O)cc2)cn1C. The van der Waals surface area contributed by atoms with Crippen LogP contribution >= 0.6 is 0 Å². The predicted octanol–water partition coefficient (Wildman–Crippen LogP) is 9.57. The molecule has 4 atom stereocenters. The van der Waals surface area contributed by atoms with Crippen molar-refractivity contribution < 1.29 is 27.9 Å². The molecule has 18 heteroatoms. The summed E-state index contributed by atoms with van der Waals surface area (Å²) < 4.78 is 38.7. The van der Waals surface area contributed by atoms with Crippen molar-refractivity contribution in [3.63, 3.8) is 0 Å². The van der Waals surface area contributed by atoms with E-state index in [4.69, 9.17) is 24.6 Å². The van der Waals surface area contributed by atoms with Crippen LogP contribution in [0.3, 0.4) is 0 Å². The molecule has 370 valence electrons. The molecule has 1 aliphatic rings. The van der Waals surface area contributed by atoms with E-state index in [1.807, 2.05) is 55.3 Å². The van der Waals surface area contributed by atoms with Gasteiger partial charge in [-0.3, -0.25) is 0 Å². The average Bonchev–Trinajstić information content (AvgIpc) is 3.96. The van der Waals surface area contributed by atoms with Crippen molar-refractivity contribution in [3.8, 4) is 22.5 Å². The van der Waals surface area contributed by atoms with Crippen LogP contribution in [-0.2, 0) is 45.2 Å². The monoisotopic (exact) mass is 983 g/mol. The standard InChI is InChI=1S/C30H37BN4O4Si.C22H35BN4O2Si/c1-20(39-40(6,7)30(2,3)4)27-33-26(18-34(27)5)22-14-12-21(13-15-22)16-23(32-19-31-38)17-35-28(36)24-10-8-9-11-25(24)29(35)37;1-16(29-30(6,7)22(2,3)4)21-26-20(14-27(21)5)18-10-8-17(9-11-18)12-19(13-24)25-15-23-28/h8-15,18-20,23H,16-17H2,1-7H3;8-11,14-16,19H,12-13,24H2,1-7H3. The van der Waals surface area contributed by atoms with Crippen molar-refractivity contribution in [2.75, 3.05) is 13.1 Å². The van der Waals surface area contributed by atoms with Crippen LogP contribution in [0.4, 0.5) is 0 Å². The molecule has 0 radical (unpaired) electrons. The Morgan fingerprint density at radius 2 is 1.01 bits per heavy atom. The van der Waals surface area contributed by atoms with Crippen LogP contribution < -0.4 is 5.73 Å². The topological polar surface area (TPSA) is 176 Å². The molecule has 3 aromatic carbocycles. The molecule has 2 N–H and O–H groups in total. The molecule has 14 nitrogen and oxygen atoms in total. The van der Waals surface area contributed by atoms with E-state index in [0.717, 1.165) is 45.3 Å². The second-order valence-corrected chi connectivity index (χ2v) is 30.7. The summed E-state index contributed by atoms with van der Waals surface area (Å²) in [5, 5.41) is 0.264. The molecule has 5 aromatic rings. The Kier molecular flexibility index (Phi) is 18.4. The Hall–Kier alpha value is -5.40. The van der Waals surface area contributed by atoms with E-state index in [9.17, 15) is 19.0 Å². The van der Waals surface area contributed by atoms with Gasteiger partial charge in [-0.1, -0.05) is 41.5 Å². The summed E-state index contributed by atoms with van der Waals surface area (Å²) in [5.41, 5.74) is 12.5. The molecule has 0 bridgehead atoms. The van der Waals surface area contributed by atoms with Gasteiger partial charge >= 0.3 is 303 Å². The first-order valence-electron chi connectivity index (χ1n) is 24.0. The summed E-state index contributed by atoms with van der Waals surface area (Å²) in [6, 6.07) is 22.5. The number of amides is 2. The summed E-state index contributed by atoms with van der Waals surface area (Å²) >= 11 is 0. The average molecular weight is 983 g/mol. The summed E-state index contributed by atoms with van der Waals surface area (Å²) in [5.74, 6) is 1.15. The Morgan fingerprint density at radius 3 is 1.37 bits per heavy atom. The molecular formula is C52H72B2N8O6Si2. The summed E-state index contributed by atoms with van der Waals surface area (Å²) in [7, 11) is 1.46. The summed E-state index contributed by atoms with van der Waals surface area (Å²) in [6.45, 7) is 27.1. The molecule has 3 heterocycles. The van der Waals surface area contributed by atoms with Gasteiger partial charge in [0.25, 0.3) is 0 Å². The van der Waals surface area contributed by atoms with Gasteiger partial charge in [0.05, 0.1) is 0 Å². The molecule has 0 saturated carbocycles. The second-order valence-electron chi connectivity index (χ2n) is 21.2. The van der Waals surface area contributed by atoms with E-state index < -0.39 is 22.7 Å². The van der Waals surface area contributed by atoms with E-state index >= 15 is 0 Å². The number of fused-ring (bicyclic) bond motifs is 1. The third-order valence-corrected chi connectivity index (χ3v) is 22.9. The fraction of sp³-hybridized carbons (Fsp3) is 0.462. The maximum absolute atomic E-state index is 12.8. The second kappa shape index (κ2) is 23.2. The maximum atomic E-state index is 12.8. The first-order valence-corrected chi connectivity index (χ1v) is 29.8. The van der Waals surface area contributed by atoms with Gasteiger partial charge in [0.2, 0.25) is 0 Å². The van der Waals surface area contributed by atoms with Crippen LogP contribution in [0.25, 0.3) is 22.5 Å². The van der Waals surface area contributed by atoms with Gasteiger partial charge in [0, 0.05) is 0 Å². The van der Waals surface area contributed by atoms with Crippen LogP contribution in [-0.4, -0.2) is 104 Å². The minimum absolute atomic E-state index is 0.0649. The Labute approximate surface area is 418 Å². The normalized spacial score (nSPS) is 15.1. The molecular weight excluding hydrogens is 910 g/mol. The third kappa shape index (κ3) is 13.7. The molecule has 70 heavy (non-hydrogen) atoms. The van der Waals surface area contributed by atoms with Gasteiger partial charge in [-0.15, -0.1) is 0 Å². The van der Waals surface area contributed by atoms with Gasteiger partial charge in [-0.2, -0.15) is 0 Å². The number of aliphatic imine (C=N–C) groups is 2. The number of aryl methyl sites for hydroxylation is 2. The Bertz CT molecular complexity index is 2630. The molecule has 2 amide bonds. The van der Waals surface area contributed by atoms with Crippen LogP contribution in [0.2, 0.25) is 36.3 Å². The first-order chi connectivity index (χ1) is 32.8. The van der Waals surface area contributed by atoms with Crippen LogP contribution in [0.15, 0.2) is 95.2 Å². The van der Waals surface area contributed by atoms with E-state index in [1.54, 1.807) is 24.3 Å². The number of rotatable bonds is 19. The molecule has 0 spiro atoms. The van der Waals surface area contributed by atoms with Gasteiger partial charge in [-0.05, 0) is 50.1 Å². The number of aromatic nitrogens is 4. The number of imide groups is 1. The zero-order valence-electron chi connectivity index (χ0n) is 43.7. The number of nitrogens with two attached hydrogens (primary N) is 1. The van der Waals surface area contributed by atoms with Gasteiger partial charge in [-0.25, -0.2) is 0 Å². The number of hydrogen-bond donors (Lipinski definition) is 1. The number of hydrogen-bond acceptors (Lipinski definition) is 11.